The van der Waals surface area contributed by atoms with Crippen LogP contribution in [0.1, 0.15) is 36.8 Å². The van der Waals surface area contributed by atoms with Gasteiger partial charge in [-0.15, -0.1) is 11.3 Å². The van der Waals surface area contributed by atoms with Crippen LogP contribution in [0.15, 0.2) is 30.5 Å². The number of nitrogens with zero attached hydrogens (tertiary/aromatic N) is 1. The van der Waals surface area contributed by atoms with Gasteiger partial charge in [-0.1, -0.05) is 25.1 Å². The van der Waals surface area contributed by atoms with Crippen LogP contribution >= 0.6 is 11.3 Å². The topological polar surface area (TPSA) is 34.2 Å². The van der Waals surface area contributed by atoms with E-state index in [9.17, 15) is 0 Å². The third kappa shape index (κ3) is 3.88. The molecule has 0 fully saturated rings. The molecule has 20 heavy (non-hydrogen) atoms. The van der Waals surface area contributed by atoms with Crippen molar-refractivity contribution in [3.63, 3.8) is 0 Å². The summed E-state index contributed by atoms with van der Waals surface area (Å²) in [5, 5.41) is 4.57. The lowest BCUT2D eigenvalue weighted by molar-refractivity contribution is 0.185. The molecule has 0 amide bonds. The number of hydrogen-bond donors (Lipinski definition) is 1. The lowest BCUT2D eigenvalue weighted by atomic mass is 10.1. The van der Waals surface area contributed by atoms with Crippen molar-refractivity contribution in [2.45, 2.75) is 32.9 Å². The molecule has 0 bridgehead atoms. The largest absolute Gasteiger partial charge is 0.380 e. The SMILES string of the molecule is CCCNC(C)c1cnc(-c2cccc(COC)c2)s1. The van der Waals surface area contributed by atoms with Gasteiger partial charge >= 0.3 is 0 Å². The molecule has 1 unspecified atom stereocenters. The second kappa shape index (κ2) is 7.53. The molecular weight excluding hydrogens is 268 g/mol. The maximum atomic E-state index is 5.18. The fourth-order valence-electron chi connectivity index (χ4n) is 2.04. The van der Waals surface area contributed by atoms with E-state index in [4.69, 9.17) is 4.74 Å². The Balaban J connectivity index is 2.13. The van der Waals surface area contributed by atoms with Crippen molar-refractivity contribution >= 4 is 11.3 Å². The minimum absolute atomic E-state index is 0.364. The van der Waals surface area contributed by atoms with Gasteiger partial charge in [0.1, 0.15) is 5.01 Å². The smallest absolute Gasteiger partial charge is 0.123 e. The number of benzene rings is 1. The van der Waals surface area contributed by atoms with Gasteiger partial charge in [-0.25, -0.2) is 4.98 Å². The van der Waals surface area contributed by atoms with Crippen LogP contribution in [0.4, 0.5) is 0 Å². The van der Waals surface area contributed by atoms with Gasteiger partial charge in [-0.2, -0.15) is 0 Å². The highest BCUT2D eigenvalue weighted by Crippen LogP contribution is 2.29. The second-order valence-corrected chi connectivity index (χ2v) is 5.94. The molecule has 0 saturated heterocycles. The zero-order valence-electron chi connectivity index (χ0n) is 12.3. The van der Waals surface area contributed by atoms with Crippen LogP contribution in [0.25, 0.3) is 10.6 Å². The van der Waals surface area contributed by atoms with Gasteiger partial charge in [-0.3, -0.25) is 0 Å². The molecule has 2 rings (SSSR count). The van der Waals surface area contributed by atoms with Crippen LogP contribution in [-0.2, 0) is 11.3 Å². The molecular formula is C16H22N2OS. The van der Waals surface area contributed by atoms with Crippen molar-refractivity contribution in [2.24, 2.45) is 0 Å². The Labute approximate surface area is 125 Å². The van der Waals surface area contributed by atoms with Crippen molar-refractivity contribution in [1.82, 2.24) is 10.3 Å². The minimum atomic E-state index is 0.364. The molecule has 0 spiro atoms. The number of rotatable bonds is 7. The molecule has 4 heteroatoms. The summed E-state index contributed by atoms with van der Waals surface area (Å²) in [5.41, 5.74) is 2.34. The Morgan fingerprint density at radius 3 is 3.00 bits per heavy atom. The Morgan fingerprint density at radius 1 is 1.40 bits per heavy atom. The van der Waals surface area contributed by atoms with Crippen molar-refractivity contribution in [3.05, 3.63) is 40.9 Å². The summed E-state index contributed by atoms with van der Waals surface area (Å²) in [6, 6.07) is 8.75. The van der Waals surface area contributed by atoms with Gasteiger partial charge in [0.15, 0.2) is 0 Å². The van der Waals surface area contributed by atoms with Crippen LogP contribution in [0.5, 0.6) is 0 Å². The lowest BCUT2D eigenvalue weighted by Gasteiger charge is -2.09. The van der Waals surface area contributed by atoms with E-state index in [0.717, 1.165) is 18.0 Å². The van der Waals surface area contributed by atoms with Gasteiger partial charge in [-0.05, 0) is 31.5 Å². The summed E-state index contributed by atoms with van der Waals surface area (Å²) in [5.74, 6) is 0. The van der Waals surface area contributed by atoms with E-state index < -0.39 is 0 Å². The number of nitrogens with one attached hydrogen (secondary N) is 1. The molecule has 0 radical (unpaired) electrons. The van der Waals surface area contributed by atoms with Crippen LogP contribution in [-0.4, -0.2) is 18.6 Å². The Hall–Kier alpha value is -1.23. The number of ether oxygens (including phenoxy) is 1. The molecule has 1 heterocycles. The summed E-state index contributed by atoms with van der Waals surface area (Å²) in [6.45, 7) is 6.05. The number of aromatic nitrogens is 1. The third-order valence-electron chi connectivity index (χ3n) is 3.14. The highest BCUT2D eigenvalue weighted by Gasteiger charge is 2.10. The maximum absolute atomic E-state index is 5.18. The summed E-state index contributed by atoms with van der Waals surface area (Å²) in [6.07, 6.45) is 3.13. The van der Waals surface area contributed by atoms with Gasteiger partial charge in [0, 0.05) is 29.8 Å². The number of methoxy groups -OCH3 is 1. The van der Waals surface area contributed by atoms with Crippen molar-refractivity contribution in [1.29, 1.82) is 0 Å². The Morgan fingerprint density at radius 2 is 2.25 bits per heavy atom. The molecule has 0 aliphatic heterocycles. The average molecular weight is 290 g/mol. The molecule has 3 nitrogen and oxygen atoms in total. The second-order valence-electron chi connectivity index (χ2n) is 4.88. The van der Waals surface area contributed by atoms with E-state index in [-0.39, 0.29) is 0 Å². The summed E-state index contributed by atoms with van der Waals surface area (Å²) < 4.78 is 5.18. The van der Waals surface area contributed by atoms with E-state index in [1.807, 2.05) is 6.20 Å². The first-order chi connectivity index (χ1) is 9.74. The van der Waals surface area contributed by atoms with Crippen LogP contribution in [0.2, 0.25) is 0 Å². The zero-order valence-corrected chi connectivity index (χ0v) is 13.2. The van der Waals surface area contributed by atoms with Crippen LogP contribution in [0, 0.1) is 0 Å². The molecule has 0 aliphatic carbocycles. The molecule has 0 aliphatic rings. The summed E-state index contributed by atoms with van der Waals surface area (Å²) >= 11 is 1.76. The fourth-order valence-corrected chi connectivity index (χ4v) is 2.98. The summed E-state index contributed by atoms with van der Waals surface area (Å²) in [4.78, 5) is 5.84. The molecule has 1 N–H and O–H groups in total. The third-order valence-corrected chi connectivity index (χ3v) is 4.36. The quantitative estimate of drug-likeness (QED) is 0.836. The van der Waals surface area contributed by atoms with E-state index in [2.05, 4.69) is 48.4 Å². The predicted molar refractivity (Wildman–Crippen MR) is 85.0 cm³/mol. The van der Waals surface area contributed by atoms with Crippen LogP contribution < -0.4 is 5.32 Å². The fraction of sp³-hybridized carbons (Fsp3) is 0.438. The monoisotopic (exact) mass is 290 g/mol. The zero-order chi connectivity index (χ0) is 14.4. The van der Waals surface area contributed by atoms with Gasteiger partial charge in [0.2, 0.25) is 0 Å². The van der Waals surface area contributed by atoms with E-state index in [1.54, 1.807) is 18.4 Å². The molecule has 108 valence electrons. The molecule has 2 aromatic rings. The van der Waals surface area contributed by atoms with Crippen molar-refractivity contribution < 1.29 is 4.74 Å². The first kappa shape index (κ1) is 15.2. The highest BCUT2D eigenvalue weighted by molar-refractivity contribution is 7.15. The normalized spacial score (nSPS) is 12.6. The Kier molecular flexibility index (Phi) is 5.71. The summed E-state index contributed by atoms with van der Waals surface area (Å²) in [7, 11) is 1.72. The predicted octanol–water partition coefficient (Wildman–Crippen LogP) is 4.02. The van der Waals surface area contributed by atoms with E-state index in [1.165, 1.54) is 16.0 Å². The average Bonchev–Trinajstić information content (AvgIpc) is 2.95. The van der Waals surface area contributed by atoms with E-state index >= 15 is 0 Å². The molecule has 0 saturated carbocycles. The first-order valence-corrected chi connectivity index (χ1v) is 7.83. The van der Waals surface area contributed by atoms with Gasteiger partial charge < -0.3 is 10.1 Å². The molecule has 1 atom stereocenters. The first-order valence-electron chi connectivity index (χ1n) is 7.02. The standard InChI is InChI=1S/C16H22N2OS/c1-4-8-17-12(2)15-10-18-16(20-15)14-7-5-6-13(9-14)11-19-3/h5-7,9-10,12,17H,4,8,11H2,1-3H3. The number of hydrogen-bond acceptors (Lipinski definition) is 4. The van der Waals surface area contributed by atoms with Gasteiger partial charge in [0.25, 0.3) is 0 Å². The minimum Gasteiger partial charge on any atom is -0.380 e. The maximum Gasteiger partial charge on any atom is 0.123 e. The van der Waals surface area contributed by atoms with Crippen molar-refractivity contribution in [2.75, 3.05) is 13.7 Å². The number of thiazole rings is 1. The molecule has 1 aromatic heterocycles. The lowest BCUT2D eigenvalue weighted by Crippen LogP contribution is -2.18. The van der Waals surface area contributed by atoms with Gasteiger partial charge in [0.05, 0.1) is 6.61 Å². The molecule has 1 aromatic carbocycles. The highest BCUT2D eigenvalue weighted by atomic mass is 32.1. The van der Waals surface area contributed by atoms with Crippen LogP contribution in [0.3, 0.4) is 0 Å². The van der Waals surface area contributed by atoms with Crippen molar-refractivity contribution in [3.8, 4) is 10.6 Å². The Bertz CT molecular complexity index is 539. The van der Waals surface area contributed by atoms with E-state index in [0.29, 0.717) is 12.6 Å².